The van der Waals surface area contributed by atoms with Crippen LogP contribution in [0.25, 0.3) is 0 Å². The number of nitrogens with zero attached hydrogens (tertiary/aromatic N) is 3. The maximum Gasteiger partial charge on any atom is 0.328 e. The van der Waals surface area contributed by atoms with Crippen LogP contribution in [0.2, 0.25) is 0 Å². The quantitative estimate of drug-likeness (QED) is 0.873. The van der Waals surface area contributed by atoms with Crippen molar-refractivity contribution in [2.45, 2.75) is 63.3 Å². The van der Waals surface area contributed by atoms with E-state index >= 15 is 0 Å². The summed E-state index contributed by atoms with van der Waals surface area (Å²) in [5.74, 6) is 1.43. The Morgan fingerprint density at radius 1 is 1.17 bits per heavy atom. The molecule has 3 rings (SSSR count). The first-order valence-electron chi connectivity index (χ1n) is 6.94. The highest BCUT2D eigenvalue weighted by atomic mass is 16.4. The summed E-state index contributed by atoms with van der Waals surface area (Å²) in [5.41, 5.74) is 0. The fourth-order valence-electron chi connectivity index (χ4n) is 3.13. The first-order valence-corrected chi connectivity index (χ1v) is 6.94. The Bertz CT molecular complexity index is 449. The summed E-state index contributed by atoms with van der Waals surface area (Å²) in [6, 6.07) is -0.501. The van der Waals surface area contributed by atoms with Gasteiger partial charge in [0.2, 0.25) is 0 Å². The molecule has 1 aliphatic carbocycles. The predicted octanol–water partition coefficient (Wildman–Crippen LogP) is 2.29. The van der Waals surface area contributed by atoms with Crippen LogP contribution in [0.5, 0.6) is 0 Å². The van der Waals surface area contributed by atoms with Crippen molar-refractivity contribution < 1.29 is 9.90 Å². The Hall–Kier alpha value is -1.39. The van der Waals surface area contributed by atoms with E-state index in [1.54, 1.807) is 4.68 Å². The molecule has 5 heteroatoms. The highest BCUT2D eigenvalue weighted by Crippen LogP contribution is 2.32. The van der Waals surface area contributed by atoms with E-state index in [1.807, 2.05) is 0 Å². The molecule has 1 aromatic rings. The third-order valence-corrected chi connectivity index (χ3v) is 4.15. The van der Waals surface area contributed by atoms with Crippen LogP contribution >= 0.6 is 0 Å². The Kier molecular flexibility index (Phi) is 3.06. The predicted molar refractivity (Wildman–Crippen MR) is 65.5 cm³/mol. The van der Waals surface area contributed by atoms with Gasteiger partial charge in [0.1, 0.15) is 5.82 Å². The van der Waals surface area contributed by atoms with Crippen LogP contribution in [0.3, 0.4) is 0 Å². The molecule has 1 fully saturated rings. The standard InChI is InChI=1S/C13H19N3O2/c17-13(18)10-7-4-8-11-14-12(15-16(10)11)9-5-2-1-3-6-9/h9-10H,1-8H2,(H,17,18). The van der Waals surface area contributed by atoms with Gasteiger partial charge >= 0.3 is 5.97 Å². The van der Waals surface area contributed by atoms with Crippen LogP contribution in [-0.4, -0.2) is 25.8 Å². The molecule has 0 saturated heterocycles. The highest BCUT2D eigenvalue weighted by molar-refractivity contribution is 5.71. The number of aryl methyl sites for hydroxylation is 1. The van der Waals surface area contributed by atoms with Crippen molar-refractivity contribution in [3.05, 3.63) is 11.6 Å². The minimum atomic E-state index is -0.781. The SMILES string of the molecule is O=C(O)C1CCCc2nc(C3CCCCC3)nn21. The fraction of sp³-hybridized carbons (Fsp3) is 0.769. The summed E-state index contributed by atoms with van der Waals surface area (Å²) >= 11 is 0. The average Bonchev–Trinajstić information content (AvgIpc) is 2.83. The Balaban J connectivity index is 1.88. The summed E-state index contributed by atoms with van der Waals surface area (Å²) < 4.78 is 1.66. The molecule has 1 unspecified atom stereocenters. The van der Waals surface area contributed by atoms with Gasteiger partial charge in [-0.05, 0) is 25.7 Å². The molecule has 1 N–H and O–H groups in total. The highest BCUT2D eigenvalue weighted by Gasteiger charge is 2.30. The lowest BCUT2D eigenvalue weighted by Crippen LogP contribution is -2.26. The minimum absolute atomic E-state index is 0.450. The van der Waals surface area contributed by atoms with Crippen LogP contribution in [0.1, 0.15) is 68.6 Å². The molecule has 1 saturated carbocycles. The molecule has 18 heavy (non-hydrogen) atoms. The van der Waals surface area contributed by atoms with Crippen molar-refractivity contribution in [1.29, 1.82) is 0 Å². The number of fused-ring (bicyclic) bond motifs is 1. The summed E-state index contributed by atoms with van der Waals surface area (Å²) in [6.45, 7) is 0. The van der Waals surface area contributed by atoms with Crippen molar-refractivity contribution in [2.24, 2.45) is 0 Å². The number of carboxylic acids is 1. The van der Waals surface area contributed by atoms with Gasteiger partial charge in [0.05, 0.1) is 0 Å². The molecule has 0 radical (unpaired) electrons. The van der Waals surface area contributed by atoms with E-state index in [2.05, 4.69) is 10.1 Å². The smallest absolute Gasteiger partial charge is 0.328 e. The number of rotatable bonds is 2. The molecule has 0 spiro atoms. The number of carboxylic acid groups (broad SMARTS) is 1. The molecule has 98 valence electrons. The van der Waals surface area contributed by atoms with Crippen molar-refractivity contribution in [3.63, 3.8) is 0 Å². The van der Waals surface area contributed by atoms with E-state index in [4.69, 9.17) is 0 Å². The lowest BCUT2D eigenvalue weighted by molar-refractivity contribution is -0.141. The molecule has 1 aromatic heterocycles. The Morgan fingerprint density at radius 2 is 1.94 bits per heavy atom. The molecule has 0 aromatic carbocycles. The summed E-state index contributed by atoms with van der Waals surface area (Å²) in [7, 11) is 0. The second kappa shape index (κ2) is 4.71. The summed E-state index contributed by atoms with van der Waals surface area (Å²) in [4.78, 5) is 15.8. The maximum absolute atomic E-state index is 11.2. The Labute approximate surface area is 106 Å². The number of aromatic nitrogens is 3. The van der Waals surface area contributed by atoms with Gasteiger partial charge in [-0.25, -0.2) is 14.5 Å². The van der Waals surface area contributed by atoms with Gasteiger partial charge < -0.3 is 5.11 Å². The fourth-order valence-corrected chi connectivity index (χ4v) is 3.13. The van der Waals surface area contributed by atoms with Crippen molar-refractivity contribution in [1.82, 2.24) is 14.8 Å². The summed E-state index contributed by atoms with van der Waals surface area (Å²) in [5, 5.41) is 13.7. The Morgan fingerprint density at radius 3 is 2.67 bits per heavy atom. The van der Waals surface area contributed by atoms with Crippen LogP contribution in [0, 0.1) is 0 Å². The zero-order valence-corrected chi connectivity index (χ0v) is 10.5. The van der Waals surface area contributed by atoms with Crippen LogP contribution < -0.4 is 0 Å². The molecule has 2 aliphatic rings. The second-order valence-electron chi connectivity index (χ2n) is 5.41. The first kappa shape index (κ1) is 11.7. The van der Waals surface area contributed by atoms with Gasteiger partial charge in [-0.2, -0.15) is 5.10 Å². The normalized spacial score (nSPS) is 24.8. The van der Waals surface area contributed by atoms with E-state index in [0.717, 1.165) is 37.3 Å². The molecular weight excluding hydrogens is 230 g/mol. The third-order valence-electron chi connectivity index (χ3n) is 4.15. The van der Waals surface area contributed by atoms with E-state index < -0.39 is 12.0 Å². The number of hydrogen-bond acceptors (Lipinski definition) is 3. The van der Waals surface area contributed by atoms with E-state index in [1.165, 1.54) is 19.3 Å². The van der Waals surface area contributed by atoms with Crippen LogP contribution in [0.15, 0.2) is 0 Å². The van der Waals surface area contributed by atoms with Crippen molar-refractivity contribution >= 4 is 5.97 Å². The molecule has 1 atom stereocenters. The van der Waals surface area contributed by atoms with E-state index in [0.29, 0.717) is 12.3 Å². The first-order chi connectivity index (χ1) is 8.75. The number of aliphatic carboxylic acids is 1. The summed E-state index contributed by atoms with van der Waals surface area (Å²) in [6.07, 6.45) is 8.55. The van der Waals surface area contributed by atoms with Gasteiger partial charge in [-0.3, -0.25) is 0 Å². The van der Waals surface area contributed by atoms with E-state index in [9.17, 15) is 9.90 Å². The largest absolute Gasteiger partial charge is 0.480 e. The number of hydrogen-bond donors (Lipinski definition) is 1. The number of carbonyl (C=O) groups is 1. The maximum atomic E-state index is 11.2. The second-order valence-corrected chi connectivity index (χ2v) is 5.41. The molecule has 5 nitrogen and oxygen atoms in total. The molecular formula is C13H19N3O2. The third kappa shape index (κ3) is 2.02. The zero-order valence-electron chi connectivity index (χ0n) is 10.5. The average molecular weight is 249 g/mol. The van der Waals surface area contributed by atoms with Crippen LogP contribution in [0.4, 0.5) is 0 Å². The van der Waals surface area contributed by atoms with Gasteiger partial charge in [-0.15, -0.1) is 0 Å². The van der Waals surface area contributed by atoms with Gasteiger partial charge in [-0.1, -0.05) is 19.3 Å². The van der Waals surface area contributed by atoms with Crippen LogP contribution in [-0.2, 0) is 11.2 Å². The zero-order chi connectivity index (χ0) is 12.5. The van der Waals surface area contributed by atoms with E-state index in [-0.39, 0.29) is 0 Å². The molecule has 0 bridgehead atoms. The molecule has 1 aliphatic heterocycles. The monoisotopic (exact) mass is 249 g/mol. The van der Waals surface area contributed by atoms with Gasteiger partial charge in [0.15, 0.2) is 11.9 Å². The van der Waals surface area contributed by atoms with Crippen molar-refractivity contribution in [3.8, 4) is 0 Å². The van der Waals surface area contributed by atoms with Crippen molar-refractivity contribution in [2.75, 3.05) is 0 Å². The molecule has 0 amide bonds. The topological polar surface area (TPSA) is 68.0 Å². The van der Waals surface area contributed by atoms with Gasteiger partial charge in [0.25, 0.3) is 0 Å². The lowest BCUT2D eigenvalue weighted by atomic mass is 9.89. The minimum Gasteiger partial charge on any atom is -0.480 e. The lowest BCUT2D eigenvalue weighted by Gasteiger charge is -2.19. The molecule has 2 heterocycles. The van der Waals surface area contributed by atoms with Gasteiger partial charge in [0, 0.05) is 12.3 Å².